The maximum atomic E-state index is 11.5. The quantitative estimate of drug-likeness (QED) is 0.777. The van der Waals surface area contributed by atoms with Gasteiger partial charge in [0.25, 0.3) is 0 Å². The SMILES string of the molecule is COC(=O)c1ccc2c(c1)OCC(CCC#N)N2C. The van der Waals surface area contributed by atoms with Crippen molar-refractivity contribution in [3.63, 3.8) is 0 Å². The highest BCUT2D eigenvalue weighted by Crippen LogP contribution is 2.34. The van der Waals surface area contributed by atoms with E-state index in [1.165, 1.54) is 7.11 Å². The van der Waals surface area contributed by atoms with E-state index in [1.807, 2.05) is 13.1 Å². The first-order chi connectivity index (χ1) is 9.17. The number of anilines is 1. The van der Waals surface area contributed by atoms with Gasteiger partial charge in [-0.25, -0.2) is 4.79 Å². The van der Waals surface area contributed by atoms with Crippen LogP contribution >= 0.6 is 0 Å². The number of ether oxygens (including phenoxy) is 2. The van der Waals surface area contributed by atoms with Crippen LogP contribution in [0.5, 0.6) is 5.75 Å². The van der Waals surface area contributed by atoms with Gasteiger partial charge < -0.3 is 14.4 Å². The lowest BCUT2D eigenvalue weighted by Gasteiger charge is -2.35. The van der Waals surface area contributed by atoms with E-state index in [-0.39, 0.29) is 12.0 Å². The zero-order chi connectivity index (χ0) is 13.8. The molecule has 100 valence electrons. The molecular weight excluding hydrogens is 244 g/mol. The molecule has 1 heterocycles. The summed E-state index contributed by atoms with van der Waals surface area (Å²) >= 11 is 0. The van der Waals surface area contributed by atoms with Gasteiger partial charge in [0.15, 0.2) is 0 Å². The normalized spacial score (nSPS) is 17.1. The van der Waals surface area contributed by atoms with Gasteiger partial charge in [0.1, 0.15) is 12.4 Å². The van der Waals surface area contributed by atoms with Crippen LogP contribution in [0, 0.1) is 11.3 Å². The fraction of sp³-hybridized carbons (Fsp3) is 0.429. The van der Waals surface area contributed by atoms with Gasteiger partial charge in [-0.1, -0.05) is 0 Å². The van der Waals surface area contributed by atoms with Gasteiger partial charge >= 0.3 is 5.97 Å². The van der Waals surface area contributed by atoms with Gasteiger partial charge in [0.2, 0.25) is 0 Å². The summed E-state index contributed by atoms with van der Waals surface area (Å²) in [7, 11) is 3.33. The monoisotopic (exact) mass is 260 g/mol. The smallest absolute Gasteiger partial charge is 0.337 e. The van der Waals surface area contributed by atoms with E-state index in [2.05, 4.69) is 15.7 Å². The topological polar surface area (TPSA) is 62.6 Å². The molecule has 1 aromatic carbocycles. The number of rotatable bonds is 3. The molecule has 0 N–H and O–H groups in total. The lowest BCUT2D eigenvalue weighted by atomic mass is 10.1. The highest BCUT2D eigenvalue weighted by molar-refractivity contribution is 5.90. The first-order valence-electron chi connectivity index (χ1n) is 6.12. The fourth-order valence-corrected chi connectivity index (χ4v) is 2.17. The Kier molecular flexibility index (Phi) is 3.91. The van der Waals surface area contributed by atoms with Crippen molar-refractivity contribution >= 4 is 11.7 Å². The fourth-order valence-electron chi connectivity index (χ4n) is 2.17. The number of carbonyl (C=O) groups is 1. The standard InChI is InChI=1S/C14H16N2O3/c1-16-11(4-3-7-15)9-19-13-8-10(14(17)18-2)5-6-12(13)16/h5-6,8,11H,3-4,9H2,1-2H3. The third-order valence-corrected chi connectivity index (χ3v) is 3.33. The molecule has 1 aromatic rings. The van der Waals surface area contributed by atoms with Crippen LogP contribution in [-0.2, 0) is 4.74 Å². The molecule has 0 saturated carbocycles. The summed E-state index contributed by atoms with van der Waals surface area (Å²) in [6.07, 6.45) is 1.28. The molecule has 0 saturated heterocycles. The number of hydrogen-bond donors (Lipinski definition) is 0. The van der Waals surface area contributed by atoms with E-state index >= 15 is 0 Å². The summed E-state index contributed by atoms with van der Waals surface area (Å²) in [5.74, 6) is 0.305. The van der Waals surface area contributed by atoms with Gasteiger partial charge in [-0.2, -0.15) is 5.26 Å². The second-order valence-corrected chi connectivity index (χ2v) is 4.45. The van der Waals surface area contributed by atoms with Gasteiger partial charge in [0, 0.05) is 13.5 Å². The van der Waals surface area contributed by atoms with Crippen molar-refractivity contribution < 1.29 is 14.3 Å². The number of nitriles is 1. The van der Waals surface area contributed by atoms with E-state index in [0.717, 1.165) is 12.1 Å². The maximum Gasteiger partial charge on any atom is 0.337 e. The molecule has 0 aromatic heterocycles. The Bertz CT molecular complexity index is 522. The van der Waals surface area contributed by atoms with Gasteiger partial charge in [-0.15, -0.1) is 0 Å². The minimum absolute atomic E-state index is 0.191. The number of esters is 1. The highest BCUT2D eigenvalue weighted by Gasteiger charge is 2.25. The first-order valence-corrected chi connectivity index (χ1v) is 6.12. The van der Waals surface area contributed by atoms with Crippen molar-refractivity contribution in [3.05, 3.63) is 23.8 Å². The van der Waals surface area contributed by atoms with Crippen LogP contribution in [0.25, 0.3) is 0 Å². The molecule has 2 rings (SSSR count). The zero-order valence-corrected chi connectivity index (χ0v) is 11.0. The second-order valence-electron chi connectivity index (χ2n) is 4.45. The van der Waals surface area contributed by atoms with E-state index in [9.17, 15) is 4.79 Å². The van der Waals surface area contributed by atoms with Crippen molar-refractivity contribution in [3.8, 4) is 11.8 Å². The molecule has 5 heteroatoms. The Labute approximate surface area is 112 Å². The molecule has 0 bridgehead atoms. The predicted molar refractivity (Wildman–Crippen MR) is 70.3 cm³/mol. The number of nitrogens with zero attached hydrogens (tertiary/aromatic N) is 2. The van der Waals surface area contributed by atoms with E-state index in [1.54, 1.807) is 12.1 Å². The molecule has 1 atom stereocenters. The Morgan fingerprint density at radius 2 is 2.42 bits per heavy atom. The van der Waals surface area contributed by atoms with E-state index in [4.69, 9.17) is 10.00 Å². The van der Waals surface area contributed by atoms with Gasteiger partial charge in [-0.3, -0.25) is 0 Å². The van der Waals surface area contributed by atoms with Crippen LogP contribution in [0.3, 0.4) is 0 Å². The lowest BCUT2D eigenvalue weighted by Crippen LogP contribution is -2.40. The van der Waals surface area contributed by atoms with Crippen LogP contribution in [0.1, 0.15) is 23.2 Å². The Morgan fingerprint density at radius 3 is 3.11 bits per heavy atom. The molecular formula is C14H16N2O3. The molecule has 0 spiro atoms. The molecule has 0 radical (unpaired) electrons. The van der Waals surface area contributed by atoms with Gasteiger partial charge in [-0.05, 0) is 24.6 Å². The molecule has 1 aliphatic rings. The number of hydrogen-bond acceptors (Lipinski definition) is 5. The predicted octanol–water partition coefficient (Wildman–Crippen LogP) is 1.97. The summed E-state index contributed by atoms with van der Waals surface area (Å²) in [6.45, 7) is 0.524. The molecule has 1 unspecified atom stereocenters. The molecule has 5 nitrogen and oxygen atoms in total. The van der Waals surface area contributed by atoms with Gasteiger partial charge in [0.05, 0.1) is 30.5 Å². The molecule has 0 aliphatic carbocycles. The number of fused-ring (bicyclic) bond motifs is 1. The third kappa shape index (κ3) is 2.63. The summed E-state index contributed by atoms with van der Waals surface area (Å²) < 4.78 is 10.4. The van der Waals surface area contributed by atoms with Crippen molar-refractivity contribution in [1.82, 2.24) is 0 Å². The summed E-state index contributed by atoms with van der Waals surface area (Å²) in [4.78, 5) is 13.6. The van der Waals surface area contributed by atoms with E-state index in [0.29, 0.717) is 24.3 Å². The highest BCUT2D eigenvalue weighted by atomic mass is 16.5. The number of likely N-dealkylation sites (N-methyl/N-ethyl adjacent to an activating group) is 1. The van der Waals surface area contributed by atoms with Crippen molar-refractivity contribution in [2.45, 2.75) is 18.9 Å². The minimum Gasteiger partial charge on any atom is -0.489 e. The first kappa shape index (κ1) is 13.2. The molecule has 1 aliphatic heterocycles. The van der Waals surface area contributed by atoms with Crippen LogP contribution < -0.4 is 9.64 Å². The van der Waals surface area contributed by atoms with Crippen LogP contribution in [-0.4, -0.2) is 32.8 Å². The summed E-state index contributed by atoms with van der Waals surface area (Å²) in [6, 6.07) is 7.60. The average molecular weight is 260 g/mol. The van der Waals surface area contributed by atoms with Crippen LogP contribution in [0.4, 0.5) is 5.69 Å². The molecule has 0 fully saturated rings. The molecule has 19 heavy (non-hydrogen) atoms. The van der Waals surface area contributed by atoms with E-state index < -0.39 is 0 Å². The maximum absolute atomic E-state index is 11.5. The zero-order valence-electron chi connectivity index (χ0n) is 11.0. The lowest BCUT2D eigenvalue weighted by molar-refractivity contribution is 0.0600. The third-order valence-electron chi connectivity index (χ3n) is 3.33. The van der Waals surface area contributed by atoms with Crippen LogP contribution in [0.2, 0.25) is 0 Å². The van der Waals surface area contributed by atoms with Crippen LogP contribution in [0.15, 0.2) is 18.2 Å². The number of benzene rings is 1. The van der Waals surface area contributed by atoms with Crippen molar-refractivity contribution in [2.24, 2.45) is 0 Å². The molecule has 0 amide bonds. The minimum atomic E-state index is -0.374. The Morgan fingerprint density at radius 1 is 1.63 bits per heavy atom. The van der Waals surface area contributed by atoms with Crippen molar-refractivity contribution in [1.29, 1.82) is 5.26 Å². The Hall–Kier alpha value is -2.22. The largest absolute Gasteiger partial charge is 0.489 e. The summed E-state index contributed by atoms with van der Waals surface area (Å²) in [5.41, 5.74) is 1.41. The van der Waals surface area contributed by atoms with Crippen molar-refractivity contribution in [2.75, 3.05) is 25.7 Å². The second kappa shape index (κ2) is 5.61. The number of methoxy groups -OCH3 is 1. The average Bonchev–Trinajstić information content (AvgIpc) is 2.45. The Balaban J connectivity index is 2.21. The number of carbonyl (C=O) groups excluding carboxylic acids is 1. The summed E-state index contributed by atoms with van der Waals surface area (Å²) in [5, 5.41) is 8.64.